The number of aryl methyl sites for hydroxylation is 2. The maximum atomic E-state index is 13.0. The van der Waals surface area contributed by atoms with Crippen LogP contribution in [0.4, 0.5) is 0 Å². The van der Waals surface area contributed by atoms with Crippen LogP contribution in [0.1, 0.15) is 35.3 Å². The van der Waals surface area contributed by atoms with Crippen LogP contribution < -0.4 is 5.32 Å². The Labute approximate surface area is 213 Å². The van der Waals surface area contributed by atoms with Gasteiger partial charge in [0.05, 0.1) is 11.3 Å². The monoisotopic (exact) mass is 505 g/mol. The van der Waals surface area contributed by atoms with Crippen LogP contribution in [0.2, 0.25) is 5.15 Å². The Bertz CT molecular complexity index is 1480. The first-order valence-electron chi connectivity index (χ1n) is 12.1. The number of imidazole rings is 1. The summed E-state index contributed by atoms with van der Waals surface area (Å²) in [6.45, 7) is 3.21. The smallest absolute Gasteiger partial charge is 0.251 e. The zero-order chi connectivity index (χ0) is 25.1. The number of carbonyl (C=O) groups is 1. The van der Waals surface area contributed by atoms with Crippen LogP contribution in [0.3, 0.4) is 0 Å². The molecule has 8 nitrogen and oxygen atoms in total. The maximum Gasteiger partial charge on any atom is 0.251 e. The number of fused-ring (bicyclic) bond motifs is 3. The van der Waals surface area contributed by atoms with Gasteiger partial charge in [0.15, 0.2) is 0 Å². The van der Waals surface area contributed by atoms with Crippen molar-refractivity contribution in [2.24, 2.45) is 12.5 Å². The van der Waals surface area contributed by atoms with Gasteiger partial charge >= 0.3 is 0 Å². The van der Waals surface area contributed by atoms with Crippen molar-refractivity contribution in [3.63, 3.8) is 0 Å². The molecule has 0 radical (unpaired) electrons. The summed E-state index contributed by atoms with van der Waals surface area (Å²) in [7, 11) is 1.90. The highest BCUT2D eigenvalue weighted by Gasteiger charge is 2.58. The van der Waals surface area contributed by atoms with Crippen molar-refractivity contribution in [2.45, 2.75) is 31.8 Å². The Morgan fingerprint density at radius 2 is 2.00 bits per heavy atom. The summed E-state index contributed by atoms with van der Waals surface area (Å²) in [4.78, 5) is 17.8. The van der Waals surface area contributed by atoms with Gasteiger partial charge in [0.2, 0.25) is 0 Å². The molecule has 36 heavy (non-hydrogen) atoms. The number of aliphatic hydroxyl groups is 1. The van der Waals surface area contributed by atoms with Crippen LogP contribution in [0.5, 0.6) is 0 Å². The standard InChI is InChI=1S/C27H28ClN5O3/c1-17-21(12-32(2)31-17)19-5-3-4-6-20(19)23-24(28)33-9-7-18(11-22(33)30-23)25(35)29-15-27-13-26(14-27,16-34)8-10-36-27/h3-7,9,11-12,34H,8,10,13-16H2,1-2H3,(H,29,35). The van der Waals surface area contributed by atoms with Crippen LogP contribution in [-0.4, -0.2) is 55.5 Å². The zero-order valence-electron chi connectivity index (χ0n) is 20.3. The minimum Gasteiger partial charge on any atom is -0.396 e. The van der Waals surface area contributed by atoms with Crippen molar-refractivity contribution in [1.82, 2.24) is 24.5 Å². The number of halogens is 1. The summed E-state index contributed by atoms with van der Waals surface area (Å²) in [5.41, 5.74) is 5.20. The number of hydrogen-bond donors (Lipinski definition) is 2. The Kier molecular flexibility index (Phi) is 5.44. The van der Waals surface area contributed by atoms with E-state index in [1.54, 1.807) is 27.4 Å². The summed E-state index contributed by atoms with van der Waals surface area (Å²) < 4.78 is 9.55. The summed E-state index contributed by atoms with van der Waals surface area (Å²) in [5, 5.41) is 17.7. The number of nitrogens with one attached hydrogen (secondary N) is 1. The van der Waals surface area contributed by atoms with Gasteiger partial charge in [-0.15, -0.1) is 0 Å². The zero-order valence-corrected chi connectivity index (χ0v) is 21.0. The average molecular weight is 506 g/mol. The third-order valence-electron chi connectivity index (χ3n) is 7.66. The molecule has 2 N–H and O–H groups in total. The molecule has 5 heterocycles. The second-order valence-corrected chi connectivity index (χ2v) is 10.6. The van der Waals surface area contributed by atoms with Crippen molar-refractivity contribution in [2.75, 3.05) is 19.8 Å². The largest absolute Gasteiger partial charge is 0.396 e. The highest BCUT2D eigenvalue weighted by Crippen LogP contribution is 2.56. The van der Waals surface area contributed by atoms with Crippen molar-refractivity contribution >= 4 is 23.2 Å². The molecule has 1 aliphatic carbocycles. The van der Waals surface area contributed by atoms with E-state index in [0.717, 1.165) is 41.6 Å². The number of pyridine rings is 1. The average Bonchev–Trinajstić information content (AvgIpc) is 3.39. The van der Waals surface area contributed by atoms with Gasteiger partial charge in [-0.3, -0.25) is 13.9 Å². The normalized spacial score (nSPS) is 23.0. The molecule has 9 heteroatoms. The van der Waals surface area contributed by atoms with Crippen LogP contribution in [0.15, 0.2) is 48.8 Å². The topological polar surface area (TPSA) is 93.7 Å². The first-order valence-corrected chi connectivity index (χ1v) is 12.5. The van der Waals surface area contributed by atoms with Crippen molar-refractivity contribution in [3.05, 3.63) is 65.2 Å². The highest BCUT2D eigenvalue weighted by atomic mass is 35.5. The highest BCUT2D eigenvalue weighted by molar-refractivity contribution is 6.32. The molecule has 0 unspecified atom stereocenters. The minimum absolute atomic E-state index is 0.0322. The molecular weight excluding hydrogens is 478 g/mol. The third kappa shape index (κ3) is 3.72. The van der Waals surface area contributed by atoms with E-state index in [1.165, 1.54) is 0 Å². The predicted octanol–water partition coefficient (Wildman–Crippen LogP) is 4.03. The van der Waals surface area contributed by atoms with E-state index >= 15 is 0 Å². The Morgan fingerprint density at radius 3 is 2.72 bits per heavy atom. The number of nitrogens with zero attached hydrogens (tertiary/aromatic N) is 4. The molecule has 1 aromatic carbocycles. The summed E-state index contributed by atoms with van der Waals surface area (Å²) in [6.07, 6.45) is 6.21. The number of aliphatic hydroxyl groups excluding tert-OH is 1. The summed E-state index contributed by atoms with van der Waals surface area (Å²) in [5.74, 6) is -0.186. The van der Waals surface area contributed by atoms with Gasteiger partial charge in [0.25, 0.3) is 5.91 Å². The van der Waals surface area contributed by atoms with Crippen LogP contribution in [0, 0.1) is 12.3 Å². The van der Waals surface area contributed by atoms with E-state index in [9.17, 15) is 9.90 Å². The van der Waals surface area contributed by atoms with E-state index in [4.69, 9.17) is 21.3 Å². The van der Waals surface area contributed by atoms with Gasteiger partial charge in [-0.05, 0) is 43.9 Å². The third-order valence-corrected chi connectivity index (χ3v) is 8.02. The van der Waals surface area contributed by atoms with Gasteiger partial charge < -0.3 is 15.2 Å². The lowest BCUT2D eigenvalue weighted by molar-refractivity contribution is -0.232. The van der Waals surface area contributed by atoms with Gasteiger partial charge in [-0.1, -0.05) is 35.9 Å². The molecule has 3 aromatic heterocycles. The molecule has 3 aliphatic rings. The molecule has 2 aliphatic heterocycles. The Hall–Kier alpha value is -3.20. The Morgan fingerprint density at radius 1 is 1.22 bits per heavy atom. The number of hydrogen-bond acceptors (Lipinski definition) is 5. The van der Waals surface area contributed by atoms with E-state index in [-0.39, 0.29) is 23.5 Å². The fraction of sp³-hybridized carbons (Fsp3) is 0.370. The van der Waals surface area contributed by atoms with Crippen LogP contribution >= 0.6 is 11.6 Å². The lowest BCUT2D eigenvalue weighted by Gasteiger charge is -2.59. The number of benzene rings is 1. The summed E-state index contributed by atoms with van der Waals surface area (Å²) in [6, 6.07) is 11.5. The van der Waals surface area contributed by atoms with Crippen LogP contribution in [-0.2, 0) is 11.8 Å². The molecule has 186 valence electrons. The molecule has 3 fully saturated rings. The lowest BCUT2D eigenvalue weighted by atomic mass is 9.56. The Balaban J connectivity index is 1.27. The van der Waals surface area contributed by atoms with Gasteiger partial charge in [0.1, 0.15) is 16.5 Å². The second-order valence-electron chi connectivity index (χ2n) is 10.2. The number of ether oxygens (including phenoxy) is 1. The number of carbonyl (C=O) groups excluding carboxylic acids is 1. The van der Waals surface area contributed by atoms with Gasteiger partial charge in [0, 0.05) is 61.3 Å². The SMILES string of the molecule is Cc1nn(C)cc1-c1ccccc1-c1nc2cc(C(=O)NCC34CC(CO)(CCO3)C4)ccn2c1Cl. The fourth-order valence-electron chi connectivity index (χ4n) is 5.90. The first kappa shape index (κ1) is 23.2. The lowest BCUT2D eigenvalue weighted by Crippen LogP contribution is -2.64. The van der Waals surface area contributed by atoms with E-state index in [0.29, 0.717) is 35.2 Å². The van der Waals surface area contributed by atoms with Gasteiger partial charge in [-0.2, -0.15) is 5.10 Å². The molecule has 0 atom stereocenters. The molecule has 7 rings (SSSR count). The summed E-state index contributed by atoms with van der Waals surface area (Å²) >= 11 is 6.78. The molecule has 2 bridgehead atoms. The maximum absolute atomic E-state index is 13.0. The first-order chi connectivity index (χ1) is 17.3. The number of rotatable bonds is 6. The fourth-order valence-corrected chi connectivity index (χ4v) is 6.19. The minimum atomic E-state index is -0.362. The van der Waals surface area contributed by atoms with Crippen LogP contribution in [0.25, 0.3) is 28.0 Å². The van der Waals surface area contributed by atoms with Crippen molar-refractivity contribution in [1.29, 1.82) is 0 Å². The molecule has 4 aromatic rings. The quantitative estimate of drug-likeness (QED) is 0.413. The molecule has 1 amide bonds. The molecular formula is C27H28ClN5O3. The van der Waals surface area contributed by atoms with Crippen molar-refractivity contribution in [3.8, 4) is 22.4 Å². The second kappa shape index (κ2) is 8.44. The number of amides is 1. The van der Waals surface area contributed by atoms with E-state index < -0.39 is 0 Å². The molecule has 2 saturated heterocycles. The number of aromatic nitrogens is 4. The molecule has 1 saturated carbocycles. The van der Waals surface area contributed by atoms with Crippen molar-refractivity contribution < 1.29 is 14.6 Å². The van der Waals surface area contributed by atoms with E-state index in [2.05, 4.69) is 10.4 Å². The van der Waals surface area contributed by atoms with E-state index in [1.807, 2.05) is 44.4 Å². The van der Waals surface area contributed by atoms with Gasteiger partial charge in [-0.25, -0.2) is 4.98 Å². The molecule has 0 spiro atoms. The predicted molar refractivity (Wildman–Crippen MR) is 137 cm³/mol.